The van der Waals surface area contributed by atoms with Gasteiger partial charge in [-0.1, -0.05) is 29.8 Å². The van der Waals surface area contributed by atoms with Crippen molar-refractivity contribution in [2.45, 2.75) is 23.1 Å². The number of fused-ring (bicyclic) bond motifs is 1. The van der Waals surface area contributed by atoms with E-state index in [4.69, 9.17) is 11.6 Å². The van der Waals surface area contributed by atoms with Gasteiger partial charge in [-0.3, -0.25) is 5.32 Å². The first kappa shape index (κ1) is 20.4. The van der Waals surface area contributed by atoms with Gasteiger partial charge >= 0.3 is 12.3 Å². The highest BCUT2D eigenvalue weighted by molar-refractivity contribution is 7.89. The predicted octanol–water partition coefficient (Wildman–Crippen LogP) is 4.03. The lowest BCUT2D eigenvalue weighted by molar-refractivity contribution is -0.266. The SMILES string of the molecule is O=C1Nc2ccc(Cl)cc2C(CCNS(=O)(=O)c2ccccc2)(C(F)(F)F)O1. The Labute approximate surface area is 163 Å². The van der Waals surface area contributed by atoms with Crippen molar-refractivity contribution in [3.63, 3.8) is 0 Å². The number of carbonyl (C=O) groups excluding carboxylic acids is 1. The molecule has 0 spiro atoms. The molecule has 0 bridgehead atoms. The Hall–Kier alpha value is -2.30. The Morgan fingerprint density at radius 2 is 1.82 bits per heavy atom. The Morgan fingerprint density at radius 3 is 2.46 bits per heavy atom. The summed E-state index contributed by atoms with van der Waals surface area (Å²) in [6.07, 6.45) is -7.18. The molecule has 6 nitrogen and oxygen atoms in total. The molecule has 1 atom stereocenters. The van der Waals surface area contributed by atoms with Crippen molar-refractivity contribution in [1.29, 1.82) is 0 Å². The fourth-order valence-electron chi connectivity index (χ4n) is 2.89. The number of carbonyl (C=O) groups is 1. The van der Waals surface area contributed by atoms with E-state index in [1.54, 1.807) is 6.07 Å². The molecule has 1 amide bonds. The summed E-state index contributed by atoms with van der Waals surface area (Å²) in [6.45, 7) is -0.629. The van der Waals surface area contributed by atoms with E-state index in [1.165, 1.54) is 36.4 Å². The molecule has 11 heteroatoms. The van der Waals surface area contributed by atoms with Gasteiger partial charge < -0.3 is 4.74 Å². The number of hydrogen-bond acceptors (Lipinski definition) is 4. The molecule has 0 fully saturated rings. The minimum atomic E-state index is -5.01. The van der Waals surface area contributed by atoms with Crippen LogP contribution in [-0.2, 0) is 20.4 Å². The fraction of sp³-hybridized carbons (Fsp3) is 0.235. The van der Waals surface area contributed by atoms with Crippen molar-refractivity contribution in [2.75, 3.05) is 11.9 Å². The normalized spacial score (nSPS) is 19.5. The van der Waals surface area contributed by atoms with Gasteiger partial charge in [-0.15, -0.1) is 0 Å². The monoisotopic (exact) mass is 434 g/mol. The second-order valence-corrected chi connectivity index (χ2v) is 8.19. The van der Waals surface area contributed by atoms with E-state index in [9.17, 15) is 26.4 Å². The van der Waals surface area contributed by atoms with E-state index < -0.39 is 46.4 Å². The highest BCUT2D eigenvalue weighted by Gasteiger charge is 2.61. The van der Waals surface area contributed by atoms with Gasteiger partial charge in [0, 0.05) is 23.6 Å². The molecule has 2 N–H and O–H groups in total. The molecule has 0 saturated heterocycles. The minimum absolute atomic E-state index is 0.0111. The number of benzene rings is 2. The second-order valence-electron chi connectivity index (χ2n) is 5.99. The summed E-state index contributed by atoms with van der Waals surface area (Å²) in [5.74, 6) is 0. The Morgan fingerprint density at radius 1 is 1.14 bits per heavy atom. The highest BCUT2D eigenvalue weighted by Crippen LogP contribution is 2.50. The molecule has 1 unspecified atom stereocenters. The summed E-state index contributed by atoms with van der Waals surface area (Å²) in [5, 5.41) is 2.20. The van der Waals surface area contributed by atoms with E-state index >= 15 is 0 Å². The van der Waals surface area contributed by atoms with E-state index in [2.05, 4.69) is 14.8 Å². The van der Waals surface area contributed by atoms with Crippen molar-refractivity contribution >= 4 is 33.4 Å². The third-order valence-corrected chi connectivity index (χ3v) is 5.91. The van der Waals surface area contributed by atoms with Gasteiger partial charge in [0.15, 0.2) is 0 Å². The van der Waals surface area contributed by atoms with E-state index in [1.807, 2.05) is 0 Å². The maximum absolute atomic E-state index is 14.0. The molecule has 0 aromatic heterocycles. The van der Waals surface area contributed by atoms with E-state index in [0.717, 1.165) is 6.07 Å². The summed E-state index contributed by atoms with van der Waals surface area (Å²) in [5.41, 5.74) is -3.55. The molecule has 2 aromatic carbocycles. The van der Waals surface area contributed by atoms with Crippen LogP contribution in [0, 0.1) is 0 Å². The molecule has 0 radical (unpaired) electrons. The maximum atomic E-state index is 14.0. The van der Waals surface area contributed by atoms with Crippen LogP contribution in [0.1, 0.15) is 12.0 Å². The number of hydrogen-bond donors (Lipinski definition) is 2. The summed E-state index contributed by atoms with van der Waals surface area (Å²) in [4.78, 5) is 11.7. The average molecular weight is 435 g/mol. The Balaban J connectivity index is 1.93. The number of amides is 1. The van der Waals surface area contributed by atoms with Crippen LogP contribution in [0.3, 0.4) is 0 Å². The van der Waals surface area contributed by atoms with Crippen LogP contribution in [-0.4, -0.2) is 27.2 Å². The highest BCUT2D eigenvalue weighted by atomic mass is 35.5. The summed E-state index contributed by atoms with van der Waals surface area (Å²) >= 11 is 5.83. The zero-order valence-corrected chi connectivity index (χ0v) is 15.7. The number of alkyl halides is 3. The van der Waals surface area contributed by atoms with Crippen LogP contribution in [0.25, 0.3) is 0 Å². The molecule has 150 valence electrons. The van der Waals surface area contributed by atoms with Crippen molar-refractivity contribution in [3.05, 3.63) is 59.1 Å². The van der Waals surface area contributed by atoms with Gasteiger partial charge in [-0.05, 0) is 30.3 Å². The Bertz CT molecular complexity index is 999. The van der Waals surface area contributed by atoms with Crippen molar-refractivity contribution in [1.82, 2.24) is 4.72 Å². The minimum Gasteiger partial charge on any atom is -0.428 e. The van der Waals surface area contributed by atoms with Crippen LogP contribution in [0.5, 0.6) is 0 Å². The zero-order chi connectivity index (χ0) is 20.6. The lowest BCUT2D eigenvalue weighted by atomic mass is 9.87. The van der Waals surface area contributed by atoms with Gasteiger partial charge in [0.2, 0.25) is 15.6 Å². The Kier molecular flexibility index (Phi) is 5.30. The van der Waals surface area contributed by atoms with Crippen molar-refractivity contribution in [2.24, 2.45) is 0 Å². The van der Waals surface area contributed by atoms with Gasteiger partial charge in [-0.2, -0.15) is 13.2 Å². The third-order valence-electron chi connectivity index (χ3n) is 4.20. The molecule has 0 aliphatic carbocycles. The fourth-order valence-corrected chi connectivity index (χ4v) is 4.12. The number of cyclic esters (lactones) is 1. The van der Waals surface area contributed by atoms with Gasteiger partial charge in [-0.25, -0.2) is 17.9 Å². The predicted molar refractivity (Wildman–Crippen MR) is 95.5 cm³/mol. The number of anilines is 1. The van der Waals surface area contributed by atoms with E-state index in [-0.39, 0.29) is 15.6 Å². The largest absolute Gasteiger partial charge is 0.432 e. The topological polar surface area (TPSA) is 84.5 Å². The van der Waals surface area contributed by atoms with E-state index in [0.29, 0.717) is 0 Å². The average Bonchev–Trinajstić information content (AvgIpc) is 2.62. The molecular formula is C17H14ClF3N2O4S. The zero-order valence-electron chi connectivity index (χ0n) is 14.1. The summed E-state index contributed by atoms with van der Waals surface area (Å²) in [7, 11) is -4.03. The molecule has 1 aliphatic heterocycles. The summed E-state index contributed by atoms with van der Waals surface area (Å²) in [6, 6.07) is 10.8. The number of nitrogens with one attached hydrogen (secondary N) is 2. The molecule has 1 heterocycles. The molecule has 1 aliphatic rings. The first-order valence-electron chi connectivity index (χ1n) is 7.97. The molecule has 28 heavy (non-hydrogen) atoms. The van der Waals surface area contributed by atoms with Gasteiger partial charge in [0.1, 0.15) is 0 Å². The number of halogens is 4. The molecule has 0 saturated carbocycles. The van der Waals surface area contributed by atoms with Crippen molar-refractivity contribution < 1.29 is 31.1 Å². The van der Waals surface area contributed by atoms with Gasteiger partial charge in [0.05, 0.1) is 10.6 Å². The molecular weight excluding hydrogens is 421 g/mol. The standard InChI is InChI=1S/C17H14ClF3N2O4S/c18-11-6-7-14-13(10-11)16(17(19,20)21,27-15(24)23-14)8-9-22-28(25,26)12-4-2-1-3-5-12/h1-7,10,22H,8-9H2,(H,23,24). The van der Waals surface area contributed by atoms with Crippen molar-refractivity contribution in [3.8, 4) is 0 Å². The van der Waals surface area contributed by atoms with Crippen LogP contribution >= 0.6 is 11.6 Å². The lowest BCUT2D eigenvalue weighted by Gasteiger charge is -2.39. The third kappa shape index (κ3) is 3.80. The lowest BCUT2D eigenvalue weighted by Crippen LogP contribution is -2.51. The van der Waals surface area contributed by atoms with Crippen LogP contribution in [0.4, 0.5) is 23.7 Å². The van der Waals surface area contributed by atoms with Crippen LogP contribution < -0.4 is 10.0 Å². The number of rotatable bonds is 5. The number of ether oxygens (including phenoxy) is 1. The first-order chi connectivity index (χ1) is 13.1. The number of sulfonamides is 1. The quantitative estimate of drug-likeness (QED) is 0.744. The molecule has 2 aromatic rings. The van der Waals surface area contributed by atoms with Gasteiger partial charge in [0.25, 0.3) is 0 Å². The molecule has 3 rings (SSSR count). The maximum Gasteiger partial charge on any atom is 0.432 e. The van der Waals surface area contributed by atoms with Crippen LogP contribution in [0.2, 0.25) is 5.02 Å². The first-order valence-corrected chi connectivity index (χ1v) is 9.83. The smallest absolute Gasteiger partial charge is 0.428 e. The van der Waals surface area contributed by atoms with Crippen LogP contribution in [0.15, 0.2) is 53.4 Å². The summed E-state index contributed by atoms with van der Waals surface area (Å²) < 4.78 is 73.3. The second kappa shape index (κ2) is 7.26.